The van der Waals surface area contributed by atoms with Gasteiger partial charge in [-0.3, -0.25) is 0 Å². The van der Waals surface area contributed by atoms with Crippen LogP contribution in [0.1, 0.15) is 44.3 Å². The summed E-state index contributed by atoms with van der Waals surface area (Å²) in [6, 6.07) is 0. The van der Waals surface area contributed by atoms with E-state index in [1.54, 1.807) is 0 Å². The zero-order chi connectivity index (χ0) is 9.26. The van der Waals surface area contributed by atoms with Gasteiger partial charge in [0.05, 0.1) is 0 Å². The van der Waals surface area contributed by atoms with Gasteiger partial charge in [-0.1, -0.05) is 19.8 Å². The van der Waals surface area contributed by atoms with E-state index in [1.807, 2.05) is 0 Å². The van der Waals surface area contributed by atoms with Crippen LogP contribution in [0.2, 0.25) is 0 Å². The molecular weight excluding hydrogens is 248 g/mol. The smallest absolute Gasteiger partial charge is 0.179 e. The lowest BCUT2D eigenvalue weighted by Crippen LogP contribution is -2.11. The summed E-state index contributed by atoms with van der Waals surface area (Å²) in [5.41, 5.74) is 0. The number of nitrogens with zero attached hydrogens (tertiary/aromatic N) is 2. The Balaban J connectivity index is 2.02. The minimum absolute atomic E-state index is 0.624. The van der Waals surface area contributed by atoms with Crippen molar-refractivity contribution in [2.45, 2.75) is 38.5 Å². The van der Waals surface area contributed by atoms with E-state index in [0.29, 0.717) is 5.92 Å². The van der Waals surface area contributed by atoms with Gasteiger partial charge in [0.25, 0.3) is 0 Å². The van der Waals surface area contributed by atoms with E-state index in [-0.39, 0.29) is 0 Å². The summed E-state index contributed by atoms with van der Waals surface area (Å²) in [6.07, 6.45) is 5.21. The maximum atomic E-state index is 4.38. The van der Waals surface area contributed by atoms with E-state index in [0.717, 1.165) is 15.7 Å². The molecule has 0 aromatic carbocycles. The Morgan fingerprint density at radius 2 is 2.00 bits per heavy atom. The molecule has 2 nitrogen and oxygen atoms in total. The Bertz CT molecular complexity index is 279. The highest BCUT2D eigenvalue weighted by molar-refractivity contribution is 9.11. The second-order valence-corrected chi connectivity index (χ2v) is 5.89. The van der Waals surface area contributed by atoms with Gasteiger partial charge in [0.2, 0.25) is 0 Å². The Morgan fingerprint density at radius 1 is 1.31 bits per heavy atom. The summed E-state index contributed by atoms with van der Waals surface area (Å²) in [5.74, 6) is 2.58. The fourth-order valence-corrected chi connectivity index (χ4v) is 2.79. The SMILES string of the molecule is CC1CCC(c2nsc(Br)n2)CC1. The lowest BCUT2D eigenvalue weighted by atomic mass is 9.83. The van der Waals surface area contributed by atoms with Crippen molar-refractivity contribution in [1.82, 2.24) is 9.36 Å². The maximum Gasteiger partial charge on any atom is 0.179 e. The van der Waals surface area contributed by atoms with Gasteiger partial charge in [0.1, 0.15) is 5.82 Å². The van der Waals surface area contributed by atoms with E-state index < -0.39 is 0 Å². The third-order valence-electron chi connectivity index (χ3n) is 2.80. The van der Waals surface area contributed by atoms with Crippen molar-refractivity contribution in [3.05, 3.63) is 9.74 Å². The molecule has 0 amide bonds. The predicted octanol–water partition coefficient (Wildman–Crippen LogP) is 3.59. The molecule has 0 N–H and O–H groups in total. The molecule has 0 spiro atoms. The summed E-state index contributed by atoms with van der Waals surface area (Å²) < 4.78 is 5.27. The topological polar surface area (TPSA) is 25.8 Å². The Hall–Kier alpha value is 0.0400. The van der Waals surface area contributed by atoms with Crippen LogP contribution in [0.25, 0.3) is 0 Å². The van der Waals surface area contributed by atoms with Crippen LogP contribution in [0.5, 0.6) is 0 Å². The van der Waals surface area contributed by atoms with Crippen LogP contribution in [0, 0.1) is 5.92 Å². The van der Waals surface area contributed by atoms with Gasteiger partial charge in [0.15, 0.2) is 3.92 Å². The first-order valence-electron chi connectivity index (χ1n) is 4.75. The van der Waals surface area contributed by atoms with Crippen LogP contribution in [-0.4, -0.2) is 9.36 Å². The van der Waals surface area contributed by atoms with Crippen LogP contribution < -0.4 is 0 Å². The Labute approximate surface area is 91.1 Å². The number of halogens is 1. The molecular formula is C9H13BrN2S. The molecule has 1 aliphatic carbocycles. The van der Waals surface area contributed by atoms with Crippen molar-refractivity contribution in [2.24, 2.45) is 5.92 Å². The highest BCUT2D eigenvalue weighted by Crippen LogP contribution is 2.34. The van der Waals surface area contributed by atoms with E-state index in [1.165, 1.54) is 37.2 Å². The molecule has 0 aliphatic heterocycles. The van der Waals surface area contributed by atoms with Crippen molar-refractivity contribution >= 4 is 27.5 Å². The first-order valence-corrected chi connectivity index (χ1v) is 6.31. The predicted molar refractivity (Wildman–Crippen MR) is 58.0 cm³/mol. The molecule has 0 unspecified atom stereocenters. The lowest BCUT2D eigenvalue weighted by Gasteiger charge is -2.23. The van der Waals surface area contributed by atoms with Crippen molar-refractivity contribution < 1.29 is 0 Å². The zero-order valence-electron chi connectivity index (χ0n) is 7.66. The van der Waals surface area contributed by atoms with Gasteiger partial charge in [-0.25, -0.2) is 4.98 Å². The first-order chi connectivity index (χ1) is 6.25. The second kappa shape index (κ2) is 4.05. The quantitative estimate of drug-likeness (QED) is 0.772. The molecule has 0 atom stereocenters. The molecule has 1 heterocycles. The number of hydrogen-bond donors (Lipinski definition) is 0. The second-order valence-electron chi connectivity index (χ2n) is 3.86. The van der Waals surface area contributed by atoms with Crippen molar-refractivity contribution in [2.75, 3.05) is 0 Å². The monoisotopic (exact) mass is 260 g/mol. The molecule has 0 bridgehead atoms. The third-order valence-corrected chi connectivity index (χ3v) is 3.93. The minimum atomic E-state index is 0.624. The normalized spacial score (nSPS) is 29.1. The number of rotatable bonds is 1. The zero-order valence-corrected chi connectivity index (χ0v) is 10.1. The molecule has 13 heavy (non-hydrogen) atoms. The largest absolute Gasteiger partial charge is 0.212 e. The van der Waals surface area contributed by atoms with E-state index in [2.05, 4.69) is 32.2 Å². The Morgan fingerprint density at radius 3 is 2.54 bits per heavy atom. The fraction of sp³-hybridized carbons (Fsp3) is 0.778. The van der Waals surface area contributed by atoms with Crippen molar-refractivity contribution in [1.29, 1.82) is 0 Å². The van der Waals surface area contributed by atoms with Crippen LogP contribution in [0.4, 0.5) is 0 Å². The molecule has 2 rings (SSSR count). The molecule has 4 heteroatoms. The van der Waals surface area contributed by atoms with E-state index >= 15 is 0 Å². The molecule has 1 aliphatic rings. The molecule has 0 saturated heterocycles. The highest BCUT2D eigenvalue weighted by atomic mass is 79.9. The molecule has 72 valence electrons. The van der Waals surface area contributed by atoms with Gasteiger partial charge in [0, 0.05) is 5.92 Å². The summed E-state index contributed by atoms with van der Waals surface area (Å²) in [4.78, 5) is 4.38. The van der Waals surface area contributed by atoms with Gasteiger partial charge < -0.3 is 0 Å². The summed E-state index contributed by atoms with van der Waals surface area (Å²) in [6.45, 7) is 2.33. The molecule has 1 saturated carbocycles. The summed E-state index contributed by atoms with van der Waals surface area (Å²) in [5, 5.41) is 0. The van der Waals surface area contributed by atoms with Crippen molar-refractivity contribution in [3.63, 3.8) is 0 Å². The van der Waals surface area contributed by atoms with E-state index in [4.69, 9.17) is 0 Å². The van der Waals surface area contributed by atoms with Gasteiger partial charge in [-0.05, 0) is 46.2 Å². The first kappa shape index (κ1) is 9.59. The van der Waals surface area contributed by atoms with Crippen LogP contribution in [-0.2, 0) is 0 Å². The van der Waals surface area contributed by atoms with Crippen LogP contribution in [0.15, 0.2) is 3.92 Å². The van der Waals surface area contributed by atoms with Crippen molar-refractivity contribution in [3.8, 4) is 0 Å². The van der Waals surface area contributed by atoms with E-state index in [9.17, 15) is 0 Å². The molecule has 1 aromatic heterocycles. The standard InChI is InChI=1S/C9H13BrN2S/c1-6-2-4-7(5-3-6)8-11-9(10)13-12-8/h6-7H,2-5H2,1H3. The average molecular weight is 261 g/mol. The van der Waals surface area contributed by atoms with Crippen LogP contribution in [0.3, 0.4) is 0 Å². The lowest BCUT2D eigenvalue weighted by molar-refractivity contribution is 0.341. The van der Waals surface area contributed by atoms with Gasteiger partial charge in [-0.2, -0.15) is 4.37 Å². The Kier molecular flexibility index (Phi) is 2.99. The van der Waals surface area contributed by atoms with Crippen LogP contribution >= 0.6 is 27.5 Å². The number of hydrogen-bond acceptors (Lipinski definition) is 3. The minimum Gasteiger partial charge on any atom is -0.212 e. The summed E-state index contributed by atoms with van der Waals surface area (Å²) in [7, 11) is 0. The van der Waals surface area contributed by atoms with Gasteiger partial charge >= 0.3 is 0 Å². The average Bonchev–Trinajstić information content (AvgIpc) is 2.53. The molecule has 1 fully saturated rings. The molecule has 1 aromatic rings. The molecule has 0 radical (unpaired) electrons. The van der Waals surface area contributed by atoms with Gasteiger partial charge in [-0.15, -0.1) is 0 Å². The summed E-state index contributed by atoms with van der Waals surface area (Å²) >= 11 is 4.81. The maximum absolute atomic E-state index is 4.38. The third kappa shape index (κ3) is 2.29. The number of aromatic nitrogens is 2. The fourth-order valence-electron chi connectivity index (χ4n) is 1.90. The highest BCUT2D eigenvalue weighted by Gasteiger charge is 2.22.